The first-order chi connectivity index (χ1) is 8.95. The highest BCUT2D eigenvalue weighted by Gasteiger charge is 2.14. The van der Waals surface area contributed by atoms with Gasteiger partial charge in [-0.1, -0.05) is 71.1 Å². The Hall–Kier alpha value is 0.210. The predicted octanol–water partition coefficient (Wildman–Crippen LogP) is 1.37. The van der Waals surface area contributed by atoms with E-state index in [0.29, 0.717) is 0 Å². The lowest BCUT2D eigenvalue weighted by molar-refractivity contribution is -0.873. The van der Waals surface area contributed by atoms with Gasteiger partial charge < -0.3 is 22.0 Å². The molecule has 0 amide bonds. The molecule has 124 valence electrons. The summed E-state index contributed by atoms with van der Waals surface area (Å²) < 4.78 is 0.860. The average molecular weight is 308 g/mol. The van der Waals surface area contributed by atoms with Crippen molar-refractivity contribution in [2.75, 3.05) is 27.7 Å². The standard InChI is InChI=1S/C17H38NO.ClH/c1-5-6-7-8-9-10-11-12-13-14-15-17(19)16-18(2,3)4;/h17,19H,5-16H2,1-4H3;1H/q+1;/p-1. The number of hydrogen-bond donors (Lipinski definition) is 1. The van der Waals surface area contributed by atoms with Gasteiger partial charge in [-0.2, -0.15) is 0 Å². The Bertz CT molecular complexity index is 192. The largest absolute Gasteiger partial charge is 1.00 e. The Balaban J connectivity index is 0. The molecule has 0 radical (unpaired) electrons. The van der Waals surface area contributed by atoms with E-state index in [1.54, 1.807) is 0 Å². The van der Waals surface area contributed by atoms with E-state index >= 15 is 0 Å². The van der Waals surface area contributed by atoms with E-state index in [1.165, 1.54) is 64.2 Å². The molecule has 0 aromatic carbocycles. The van der Waals surface area contributed by atoms with Crippen LogP contribution in [0.4, 0.5) is 0 Å². The first kappa shape index (κ1) is 22.5. The van der Waals surface area contributed by atoms with Crippen molar-refractivity contribution in [1.29, 1.82) is 0 Å². The summed E-state index contributed by atoms with van der Waals surface area (Å²) in [5, 5.41) is 9.89. The van der Waals surface area contributed by atoms with E-state index in [4.69, 9.17) is 0 Å². The van der Waals surface area contributed by atoms with Crippen molar-refractivity contribution < 1.29 is 22.0 Å². The van der Waals surface area contributed by atoms with Crippen LogP contribution in [0.25, 0.3) is 0 Å². The van der Waals surface area contributed by atoms with Gasteiger partial charge in [0.2, 0.25) is 0 Å². The zero-order chi connectivity index (χ0) is 14.6. The van der Waals surface area contributed by atoms with Crippen molar-refractivity contribution in [3.8, 4) is 0 Å². The maximum Gasteiger partial charge on any atom is 0.104 e. The molecule has 2 nitrogen and oxygen atoms in total. The van der Waals surface area contributed by atoms with Crippen LogP contribution in [0.15, 0.2) is 0 Å². The van der Waals surface area contributed by atoms with Crippen molar-refractivity contribution >= 4 is 0 Å². The smallest absolute Gasteiger partial charge is 0.104 e. The molecule has 0 aromatic heterocycles. The van der Waals surface area contributed by atoms with Crippen molar-refractivity contribution in [3.05, 3.63) is 0 Å². The molecule has 3 heteroatoms. The van der Waals surface area contributed by atoms with Crippen LogP contribution in [0.1, 0.15) is 77.6 Å². The van der Waals surface area contributed by atoms with E-state index in [-0.39, 0.29) is 18.5 Å². The van der Waals surface area contributed by atoms with Gasteiger partial charge in [0.05, 0.1) is 21.1 Å². The second kappa shape index (κ2) is 14.2. The fourth-order valence-corrected chi connectivity index (χ4v) is 2.59. The van der Waals surface area contributed by atoms with Gasteiger partial charge in [-0.15, -0.1) is 0 Å². The molecule has 1 unspecified atom stereocenters. The number of likely N-dealkylation sites (N-methyl/N-ethyl adjacent to an activating group) is 1. The molecule has 0 bridgehead atoms. The van der Waals surface area contributed by atoms with E-state index in [0.717, 1.165) is 17.4 Å². The lowest BCUT2D eigenvalue weighted by Gasteiger charge is -2.26. The van der Waals surface area contributed by atoms with Crippen molar-refractivity contribution in [3.63, 3.8) is 0 Å². The Morgan fingerprint density at radius 2 is 1.15 bits per heavy atom. The molecular weight excluding hydrogens is 270 g/mol. The van der Waals surface area contributed by atoms with Crippen LogP contribution in [0, 0.1) is 0 Å². The summed E-state index contributed by atoms with van der Waals surface area (Å²) in [6, 6.07) is 0. The average Bonchev–Trinajstić information content (AvgIpc) is 2.29. The second-order valence-corrected chi connectivity index (χ2v) is 7.10. The summed E-state index contributed by atoms with van der Waals surface area (Å²) in [7, 11) is 6.42. The van der Waals surface area contributed by atoms with Gasteiger partial charge in [0.1, 0.15) is 12.6 Å². The maximum absolute atomic E-state index is 9.89. The summed E-state index contributed by atoms with van der Waals surface area (Å²) in [4.78, 5) is 0. The zero-order valence-corrected chi connectivity index (χ0v) is 15.1. The minimum Gasteiger partial charge on any atom is -1.00 e. The number of unbranched alkanes of at least 4 members (excludes halogenated alkanes) is 9. The first-order valence-electron chi connectivity index (χ1n) is 8.44. The number of hydrogen-bond acceptors (Lipinski definition) is 1. The molecule has 1 atom stereocenters. The van der Waals surface area contributed by atoms with Crippen LogP contribution in [-0.2, 0) is 0 Å². The Morgan fingerprint density at radius 3 is 1.55 bits per heavy atom. The second-order valence-electron chi connectivity index (χ2n) is 7.10. The van der Waals surface area contributed by atoms with E-state index in [1.807, 2.05) is 0 Å². The van der Waals surface area contributed by atoms with Crippen LogP contribution in [0.5, 0.6) is 0 Å². The minimum atomic E-state index is -0.117. The molecule has 0 fully saturated rings. The summed E-state index contributed by atoms with van der Waals surface area (Å²) in [6.07, 6.45) is 14.5. The van der Waals surface area contributed by atoms with E-state index in [2.05, 4.69) is 28.1 Å². The van der Waals surface area contributed by atoms with Gasteiger partial charge >= 0.3 is 0 Å². The summed E-state index contributed by atoms with van der Waals surface area (Å²) in [6.45, 7) is 3.14. The number of aliphatic hydroxyl groups excluding tert-OH is 1. The quantitative estimate of drug-likeness (QED) is 0.402. The summed E-state index contributed by atoms with van der Waals surface area (Å²) in [5.41, 5.74) is 0. The SMILES string of the molecule is CCCCCCCCCCCCC(O)C[N+](C)(C)C.[Cl-]. The van der Waals surface area contributed by atoms with Crippen LogP contribution in [-0.4, -0.2) is 43.4 Å². The number of quaternary nitrogens is 1. The molecule has 1 N–H and O–H groups in total. The van der Waals surface area contributed by atoms with E-state index < -0.39 is 0 Å². The van der Waals surface area contributed by atoms with Crippen LogP contribution >= 0.6 is 0 Å². The third-order valence-corrected chi connectivity index (χ3v) is 3.65. The Kier molecular flexibility index (Phi) is 15.9. The van der Waals surface area contributed by atoms with Gasteiger partial charge in [0, 0.05) is 0 Å². The molecule has 0 aliphatic rings. The molecule has 20 heavy (non-hydrogen) atoms. The number of halogens is 1. The molecular formula is C17H38ClNO. The minimum absolute atomic E-state index is 0. The molecule has 0 spiro atoms. The zero-order valence-electron chi connectivity index (χ0n) is 14.3. The monoisotopic (exact) mass is 307 g/mol. The highest BCUT2D eigenvalue weighted by molar-refractivity contribution is 4.55. The molecule has 0 rings (SSSR count). The van der Waals surface area contributed by atoms with Crippen molar-refractivity contribution in [2.24, 2.45) is 0 Å². The van der Waals surface area contributed by atoms with Crippen LogP contribution in [0.3, 0.4) is 0 Å². The van der Waals surface area contributed by atoms with Gasteiger partial charge in [0.15, 0.2) is 0 Å². The molecule has 0 aliphatic heterocycles. The Labute approximate surface area is 133 Å². The number of rotatable bonds is 13. The van der Waals surface area contributed by atoms with Gasteiger partial charge in [0.25, 0.3) is 0 Å². The third kappa shape index (κ3) is 18.2. The highest BCUT2D eigenvalue weighted by Crippen LogP contribution is 2.12. The lowest BCUT2D eigenvalue weighted by atomic mass is 10.0. The number of aliphatic hydroxyl groups is 1. The molecule has 0 aromatic rings. The summed E-state index contributed by atoms with van der Waals surface area (Å²) >= 11 is 0. The molecule has 0 saturated heterocycles. The van der Waals surface area contributed by atoms with Gasteiger partial charge in [-0.3, -0.25) is 0 Å². The lowest BCUT2D eigenvalue weighted by Crippen LogP contribution is -3.00. The first-order valence-corrected chi connectivity index (χ1v) is 8.44. The van der Waals surface area contributed by atoms with Crippen molar-refractivity contribution in [2.45, 2.75) is 83.7 Å². The number of nitrogens with zero attached hydrogens (tertiary/aromatic N) is 1. The van der Waals surface area contributed by atoms with Crippen LogP contribution in [0.2, 0.25) is 0 Å². The predicted molar refractivity (Wildman–Crippen MR) is 85.4 cm³/mol. The molecule has 0 aliphatic carbocycles. The summed E-state index contributed by atoms with van der Waals surface area (Å²) in [5.74, 6) is 0. The topological polar surface area (TPSA) is 20.2 Å². The maximum atomic E-state index is 9.89. The fraction of sp³-hybridized carbons (Fsp3) is 1.00. The van der Waals surface area contributed by atoms with Crippen LogP contribution < -0.4 is 12.4 Å². The Morgan fingerprint density at radius 1 is 0.750 bits per heavy atom. The molecule has 0 heterocycles. The third-order valence-electron chi connectivity index (χ3n) is 3.65. The van der Waals surface area contributed by atoms with Crippen molar-refractivity contribution in [1.82, 2.24) is 0 Å². The highest BCUT2D eigenvalue weighted by atomic mass is 35.5. The normalized spacial score (nSPS) is 13.1. The van der Waals surface area contributed by atoms with Gasteiger partial charge in [-0.05, 0) is 6.42 Å². The molecule has 0 saturated carbocycles. The van der Waals surface area contributed by atoms with E-state index in [9.17, 15) is 5.11 Å². The fourth-order valence-electron chi connectivity index (χ4n) is 2.59. The van der Waals surface area contributed by atoms with Gasteiger partial charge in [-0.25, -0.2) is 0 Å².